The Labute approximate surface area is 161 Å². The Hall–Kier alpha value is -2.38. The maximum Gasteiger partial charge on any atom is 0.433 e. The Kier molecular flexibility index (Phi) is 4.88. The van der Waals surface area contributed by atoms with E-state index in [0.717, 1.165) is 17.5 Å². The van der Waals surface area contributed by atoms with Gasteiger partial charge in [0.15, 0.2) is 0 Å². The van der Waals surface area contributed by atoms with Gasteiger partial charge in [-0.05, 0) is 36.2 Å². The molecule has 1 N–H and O–H groups in total. The van der Waals surface area contributed by atoms with Gasteiger partial charge in [0, 0.05) is 41.5 Å². The monoisotopic (exact) mass is 388 g/mol. The predicted octanol–water partition coefficient (Wildman–Crippen LogP) is 3.41. The summed E-state index contributed by atoms with van der Waals surface area (Å²) in [4.78, 5) is 28.3. The molecule has 2 aliphatic rings. The highest BCUT2D eigenvalue weighted by molar-refractivity contribution is 6.18. The third-order valence-electron chi connectivity index (χ3n) is 5.44. The van der Waals surface area contributed by atoms with Gasteiger partial charge < -0.3 is 9.72 Å². The Bertz CT molecular complexity index is 909. The molecular formula is C19H21ClN4O3. The molecule has 1 aliphatic heterocycles. The number of carbonyl (C=O) groups excluding carboxylic acids is 1. The second-order valence-electron chi connectivity index (χ2n) is 7.07. The van der Waals surface area contributed by atoms with Crippen molar-refractivity contribution < 1.29 is 9.53 Å². The lowest BCUT2D eigenvalue weighted by Crippen LogP contribution is -2.44. The topological polar surface area (TPSA) is 78.0 Å². The van der Waals surface area contributed by atoms with Crippen LogP contribution in [0, 0.1) is 4.91 Å². The van der Waals surface area contributed by atoms with E-state index < -0.39 is 6.09 Å². The molecule has 2 heterocycles. The molecule has 1 aliphatic carbocycles. The standard InChI is InChI=1S/C19H21ClN4O3/c1-23-10-12(11-27-19(25)24(22-26)6-5-20)7-15-14-3-2-4-16-18(14)13(9-21-16)8-17(15)23/h2-4,7,9,15,17,21H,5-6,8,10-11H2,1H3. The first-order chi connectivity index (χ1) is 13.1. The van der Waals surface area contributed by atoms with E-state index >= 15 is 0 Å². The number of likely N-dealkylation sites (N-methyl/N-ethyl adjacent to an activating group) is 1. The Morgan fingerprint density at radius 3 is 3.11 bits per heavy atom. The Morgan fingerprint density at radius 1 is 1.48 bits per heavy atom. The number of fused-ring (bicyclic) bond motifs is 2. The van der Waals surface area contributed by atoms with Crippen LogP contribution in [-0.2, 0) is 11.2 Å². The SMILES string of the molecule is CN1CC(COC(=O)N(CCCl)N=O)=CC2c3cccc4[nH]cc(c34)CC21. The highest BCUT2D eigenvalue weighted by Gasteiger charge is 2.35. The van der Waals surface area contributed by atoms with Crippen LogP contribution in [0.5, 0.6) is 0 Å². The maximum atomic E-state index is 12.0. The van der Waals surface area contributed by atoms with Crippen molar-refractivity contribution in [2.45, 2.75) is 18.4 Å². The highest BCUT2D eigenvalue weighted by atomic mass is 35.5. The summed E-state index contributed by atoms with van der Waals surface area (Å²) >= 11 is 5.56. The zero-order valence-electron chi connectivity index (χ0n) is 15.0. The van der Waals surface area contributed by atoms with E-state index in [0.29, 0.717) is 17.6 Å². The molecule has 0 saturated carbocycles. The molecule has 1 amide bonds. The third-order valence-corrected chi connectivity index (χ3v) is 5.61. The number of hydrogen-bond donors (Lipinski definition) is 1. The number of aromatic amines is 1. The molecular weight excluding hydrogens is 368 g/mol. The number of H-pyrrole nitrogens is 1. The number of rotatable bonds is 5. The molecule has 2 unspecified atom stereocenters. The number of nitroso groups, excluding NO2 is 1. The van der Waals surface area contributed by atoms with E-state index in [1.165, 1.54) is 16.5 Å². The van der Waals surface area contributed by atoms with Crippen LogP contribution < -0.4 is 0 Å². The van der Waals surface area contributed by atoms with Crippen LogP contribution in [0.4, 0.5) is 4.79 Å². The number of nitrogens with zero attached hydrogens (tertiary/aromatic N) is 3. The van der Waals surface area contributed by atoms with Crippen molar-refractivity contribution in [3.05, 3.63) is 52.1 Å². The van der Waals surface area contributed by atoms with Gasteiger partial charge in [0.1, 0.15) is 6.61 Å². The number of aromatic nitrogens is 1. The predicted molar refractivity (Wildman–Crippen MR) is 104 cm³/mol. The molecule has 142 valence electrons. The van der Waals surface area contributed by atoms with Crippen LogP contribution in [0.2, 0.25) is 0 Å². The van der Waals surface area contributed by atoms with Crippen LogP contribution in [0.3, 0.4) is 0 Å². The van der Waals surface area contributed by atoms with Crippen molar-refractivity contribution in [1.82, 2.24) is 14.9 Å². The van der Waals surface area contributed by atoms with Gasteiger partial charge in [-0.2, -0.15) is 5.01 Å². The van der Waals surface area contributed by atoms with Gasteiger partial charge in [-0.25, -0.2) is 4.79 Å². The molecule has 0 fully saturated rings. The van der Waals surface area contributed by atoms with Gasteiger partial charge in [0.25, 0.3) is 0 Å². The molecule has 0 radical (unpaired) electrons. The molecule has 0 saturated heterocycles. The summed E-state index contributed by atoms with van der Waals surface area (Å²) in [5.74, 6) is 0.367. The van der Waals surface area contributed by atoms with E-state index in [1.807, 2.05) is 0 Å². The summed E-state index contributed by atoms with van der Waals surface area (Å²) < 4.78 is 5.28. The number of halogens is 1. The average Bonchev–Trinajstić information content (AvgIpc) is 3.09. The summed E-state index contributed by atoms with van der Waals surface area (Å²) in [6.45, 7) is 0.886. The number of ether oxygens (including phenoxy) is 1. The lowest BCUT2D eigenvalue weighted by atomic mass is 9.77. The number of amides is 1. The smallest absolute Gasteiger partial charge is 0.433 e. The molecule has 2 atom stereocenters. The minimum Gasteiger partial charge on any atom is -0.444 e. The summed E-state index contributed by atoms with van der Waals surface area (Å²) in [6, 6.07) is 6.72. The fourth-order valence-electron chi connectivity index (χ4n) is 4.23. The van der Waals surface area contributed by atoms with Crippen LogP contribution in [0.15, 0.2) is 41.3 Å². The van der Waals surface area contributed by atoms with Crippen LogP contribution in [0.1, 0.15) is 17.0 Å². The molecule has 7 nitrogen and oxygen atoms in total. The van der Waals surface area contributed by atoms with Gasteiger partial charge in [-0.3, -0.25) is 4.90 Å². The lowest BCUT2D eigenvalue weighted by molar-refractivity contribution is 0.109. The van der Waals surface area contributed by atoms with Gasteiger partial charge in [0.05, 0.1) is 11.8 Å². The van der Waals surface area contributed by atoms with E-state index in [1.54, 1.807) is 0 Å². The normalized spacial score (nSPS) is 21.5. The van der Waals surface area contributed by atoms with E-state index in [4.69, 9.17) is 16.3 Å². The van der Waals surface area contributed by atoms with Crippen LogP contribution in [0.25, 0.3) is 10.9 Å². The molecule has 1 aromatic heterocycles. The fraction of sp³-hybridized carbons (Fsp3) is 0.421. The van der Waals surface area contributed by atoms with Crippen molar-refractivity contribution in [3.8, 4) is 0 Å². The Morgan fingerprint density at radius 2 is 2.33 bits per heavy atom. The second-order valence-corrected chi connectivity index (χ2v) is 7.45. The van der Waals surface area contributed by atoms with Gasteiger partial charge >= 0.3 is 6.09 Å². The van der Waals surface area contributed by atoms with Crippen molar-refractivity contribution in [2.24, 2.45) is 5.29 Å². The van der Waals surface area contributed by atoms with Gasteiger partial charge in [-0.1, -0.05) is 18.2 Å². The summed E-state index contributed by atoms with van der Waals surface area (Å²) in [5.41, 5.74) is 4.82. The van der Waals surface area contributed by atoms with E-state index in [2.05, 4.69) is 52.7 Å². The van der Waals surface area contributed by atoms with Crippen molar-refractivity contribution in [2.75, 3.05) is 32.6 Å². The largest absolute Gasteiger partial charge is 0.444 e. The molecule has 4 rings (SSSR count). The summed E-state index contributed by atoms with van der Waals surface area (Å²) in [7, 11) is 2.09. The third kappa shape index (κ3) is 3.21. The van der Waals surface area contributed by atoms with Crippen LogP contribution in [-0.4, -0.2) is 59.7 Å². The number of nitrogens with one attached hydrogen (secondary N) is 1. The molecule has 1 aromatic carbocycles. The first-order valence-corrected chi connectivity index (χ1v) is 9.48. The van der Waals surface area contributed by atoms with E-state index in [9.17, 15) is 9.70 Å². The van der Waals surface area contributed by atoms with Crippen molar-refractivity contribution >= 4 is 28.6 Å². The zero-order chi connectivity index (χ0) is 19.0. The molecule has 27 heavy (non-hydrogen) atoms. The average molecular weight is 389 g/mol. The van der Waals surface area contributed by atoms with E-state index in [-0.39, 0.29) is 24.9 Å². The fourth-order valence-corrected chi connectivity index (χ4v) is 4.39. The molecule has 8 heteroatoms. The van der Waals surface area contributed by atoms with Gasteiger partial charge in [0.2, 0.25) is 0 Å². The van der Waals surface area contributed by atoms with Gasteiger partial charge in [-0.15, -0.1) is 16.5 Å². The molecule has 2 aromatic rings. The minimum absolute atomic E-state index is 0.0335. The van der Waals surface area contributed by atoms with Crippen molar-refractivity contribution in [1.29, 1.82) is 0 Å². The molecule has 0 spiro atoms. The summed E-state index contributed by atoms with van der Waals surface area (Å²) in [5, 5.41) is 4.67. The lowest BCUT2D eigenvalue weighted by Gasteiger charge is -2.41. The zero-order valence-corrected chi connectivity index (χ0v) is 15.8. The minimum atomic E-state index is -0.769. The van der Waals surface area contributed by atoms with Crippen LogP contribution >= 0.6 is 11.6 Å². The first kappa shape index (κ1) is 18.0. The quantitative estimate of drug-likeness (QED) is 0.368. The van der Waals surface area contributed by atoms with Crippen molar-refractivity contribution in [3.63, 3.8) is 0 Å². The maximum absolute atomic E-state index is 12.0. The number of hydrogen-bond acceptors (Lipinski definition) is 5. The molecule has 0 bridgehead atoms. The summed E-state index contributed by atoms with van der Waals surface area (Å²) in [6.07, 6.45) is 4.54. The number of carbonyl (C=O) groups is 1. The second kappa shape index (κ2) is 7.32. The highest BCUT2D eigenvalue weighted by Crippen LogP contribution is 2.41. The number of alkyl halides is 1. The number of benzene rings is 1. The first-order valence-electron chi connectivity index (χ1n) is 8.94. The Balaban J connectivity index is 1.56.